The molecule has 4 rings (SSSR count). The fraction of sp³-hybridized carbons (Fsp3) is 0.350. The number of hydrogen-bond acceptors (Lipinski definition) is 4. The van der Waals surface area contributed by atoms with E-state index in [4.69, 9.17) is 0 Å². The van der Waals surface area contributed by atoms with Gasteiger partial charge in [-0.1, -0.05) is 42.5 Å². The maximum absolute atomic E-state index is 12.0. The van der Waals surface area contributed by atoms with Crippen LogP contribution in [0.3, 0.4) is 0 Å². The van der Waals surface area contributed by atoms with E-state index in [1.807, 2.05) is 12.1 Å². The Morgan fingerprint density at radius 1 is 1.04 bits per heavy atom. The van der Waals surface area contributed by atoms with Crippen LogP contribution >= 0.6 is 0 Å². The topological polar surface area (TPSA) is 64.6 Å². The molecule has 2 saturated heterocycles. The summed E-state index contributed by atoms with van der Waals surface area (Å²) in [5, 5.41) is 15.6. The van der Waals surface area contributed by atoms with Gasteiger partial charge in [-0.05, 0) is 28.3 Å². The van der Waals surface area contributed by atoms with Crippen molar-refractivity contribution >= 4 is 5.91 Å². The molecule has 2 aliphatic rings. The Kier molecular flexibility index (Phi) is 4.53. The van der Waals surface area contributed by atoms with Crippen molar-refractivity contribution in [1.29, 1.82) is 0 Å². The average Bonchev–Trinajstić information content (AvgIpc) is 2.61. The lowest BCUT2D eigenvalue weighted by Crippen LogP contribution is -2.49. The third kappa shape index (κ3) is 3.58. The Hall–Kier alpha value is -2.21. The standard InChI is InChI=1S/C20H23N3O2/c24-18-12-23(13-18)11-14-2-1-3-17(10-14)15-4-6-16(7-5-15)19-20(25)22-9-8-21-19/h1-7,10,18-19,21,24H,8-9,11-13H2,(H,22,25). The zero-order valence-corrected chi connectivity index (χ0v) is 14.1. The number of nitrogens with one attached hydrogen (secondary N) is 2. The van der Waals surface area contributed by atoms with E-state index in [9.17, 15) is 9.90 Å². The van der Waals surface area contributed by atoms with E-state index in [1.165, 1.54) is 11.1 Å². The van der Waals surface area contributed by atoms with E-state index in [2.05, 4.69) is 51.9 Å². The summed E-state index contributed by atoms with van der Waals surface area (Å²) in [5.74, 6) is 0.0396. The molecule has 1 amide bonds. The maximum Gasteiger partial charge on any atom is 0.241 e. The summed E-state index contributed by atoms with van der Waals surface area (Å²) >= 11 is 0. The summed E-state index contributed by atoms with van der Waals surface area (Å²) < 4.78 is 0. The highest BCUT2D eigenvalue weighted by Gasteiger charge is 2.24. The molecular formula is C20H23N3O2. The molecule has 0 radical (unpaired) electrons. The molecule has 0 aromatic heterocycles. The van der Waals surface area contributed by atoms with E-state index in [0.29, 0.717) is 6.54 Å². The lowest BCUT2D eigenvalue weighted by atomic mass is 9.98. The number of nitrogens with zero attached hydrogens (tertiary/aromatic N) is 1. The van der Waals surface area contributed by atoms with Crippen LogP contribution in [0.5, 0.6) is 0 Å². The van der Waals surface area contributed by atoms with Crippen molar-refractivity contribution in [3.63, 3.8) is 0 Å². The fourth-order valence-electron chi connectivity index (χ4n) is 3.51. The molecule has 2 aromatic rings. The SMILES string of the molecule is O=C1NCCNC1c1ccc(-c2cccc(CN3CC(O)C3)c2)cc1. The summed E-state index contributed by atoms with van der Waals surface area (Å²) in [6.07, 6.45) is -0.165. The summed E-state index contributed by atoms with van der Waals surface area (Å²) in [5.41, 5.74) is 4.56. The number of amides is 1. The van der Waals surface area contributed by atoms with E-state index < -0.39 is 0 Å². The molecule has 0 spiro atoms. The number of benzene rings is 2. The molecule has 0 aliphatic carbocycles. The number of aliphatic hydroxyl groups excluding tert-OH is 1. The first kappa shape index (κ1) is 16.3. The number of carbonyl (C=O) groups is 1. The summed E-state index contributed by atoms with van der Waals surface area (Å²) in [6, 6.07) is 16.4. The molecule has 1 unspecified atom stereocenters. The highest BCUT2D eigenvalue weighted by molar-refractivity contribution is 5.84. The molecule has 25 heavy (non-hydrogen) atoms. The second-order valence-corrected chi connectivity index (χ2v) is 6.85. The molecule has 1 atom stereocenters. The predicted molar refractivity (Wildman–Crippen MR) is 96.9 cm³/mol. The van der Waals surface area contributed by atoms with Crippen LogP contribution in [0.15, 0.2) is 48.5 Å². The monoisotopic (exact) mass is 337 g/mol. The number of likely N-dealkylation sites (tertiary alicyclic amines) is 1. The second-order valence-electron chi connectivity index (χ2n) is 6.85. The zero-order chi connectivity index (χ0) is 17.2. The Morgan fingerprint density at radius 3 is 2.56 bits per heavy atom. The first-order valence-corrected chi connectivity index (χ1v) is 8.80. The van der Waals surface area contributed by atoms with Crippen molar-refractivity contribution in [3.05, 3.63) is 59.7 Å². The van der Waals surface area contributed by atoms with E-state index in [0.717, 1.165) is 37.3 Å². The van der Waals surface area contributed by atoms with Crippen LogP contribution in [0.2, 0.25) is 0 Å². The molecule has 5 heteroatoms. The smallest absolute Gasteiger partial charge is 0.241 e. The van der Waals surface area contributed by atoms with Crippen molar-refractivity contribution in [3.8, 4) is 11.1 Å². The number of aliphatic hydroxyl groups is 1. The van der Waals surface area contributed by atoms with Crippen LogP contribution in [0, 0.1) is 0 Å². The van der Waals surface area contributed by atoms with E-state index in [1.54, 1.807) is 0 Å². The minimum atomic E-state index is -0.257. The second kappa shape index (κ2) is 6.96. The average molecular weight is 337 g/mol. The van der Waals surface area contributed by atoms with Gasteiger partial charge in [-0.25, -0.2) is 0 Å². The molecule has 2 aromatic carbocycles. The quantitative estimate of drug-likeness (QED) is 0.787. The third-order valence-corrected chi connectivity index (χ3v) is 4.88. The number of hydrogen-bond donors (Lipinski definition) is 3. The van der Waals surface area contributed by atoms with Gasteiger partial charge in [0, 0.05) is 32.7 Å². The lowest BCUT2D eigenvalue weighted by molar-refractivity contribution is -0.124. The van der Waals surface area contributed by atoms with Crippen LogP contribution in [0.25, 0.3) is 11.1 Å². The molecule has 2 fully saturated rings. The molecule has 5 nitrogen and oxygen atoms in total. The van der Waals surface area contributed by atoms with Crippen LogP contribution in [-0.2, 0) is 11.3 Å². The maximum atomic E-state index is 12.0. The van der Waals surface area contributed by atoms with Gasteiger partial charge in [-0.3, -0.25) is 9.69 Å². The van der Waals surface area contributed by atoms with Gasteiger partial charge < -0.3 is 15.7 Å². The molecular weight excluding hydrogens is 314 g/mol. The molecule has 130 valence electrons. The summed E-state index contributed by atoms with van der Waals surface area (Å²) in [7, 11) is 0. The highest BCUT2D eigenvalue weighted by atomic mass is 16.3. The summed E-state index contributed by atoms with van der Waals surface area (Å²) in [6.45, 7) is 3.87. The largest absolute Gasteiger partial charge is 0.390 e. The normalized spacial score (nSPS) is 21.6. The Morgan fingerprint density at radius 2 is 1.84 bits per heavy atom. The third-order valence-electron chi connectivity index (χ3n) is 4.88. The highest BCUT2D eigenvalue weighted by Crippen LogP contribution is 2.24. The lowest BCUT2D eigenvalue weighted by Gasteiger charge is -2.35. The van der Waals surface area contributed by atoms with E-state index in [-0.39, 0.29) is 18.1 Å². The van der Waals surface area contributed by atoms with Crippen LogP contribution < -0.4 is 10.6 Å². The molecule has 3 N–H and O–H groups in total. The molecule has 2 aliphatic heterocycles. The van der Waals surface area contributed by atoms with Crippen molar-refractivity contribution in [2.75, 3.05) is 26.2 Å². The minimum absolute atomic E-state index is 0.0396. The van der Waals surface area contributed by atoms with E-state index >= 15 is 0 Å². The van der Waals surface area contributed by atoms with Crippen LogP contribution in [-0.4, -0.2) is 48.2 Å². The van der Waals surface area contributed by atoms with Gasteiger partial charge in [0.05, 0.1) is 6.10 Å². The fourth-order valence-corrected chi connectivity index (χ4v) is 3.51. The van der Waals surface area contributed by atoms with Gasteiger partial charge in [0.2, 0.25) is 5.91 Å². The Labute approximate surface area is 147 Å². The first-order valence-electron chi connectivity index (χ1n) is 8.80. The van der Waals surface area contributed by atoms with Crippen LogP contribution in [0.1, 0.15) is 17.2 Å². The number of rotatable bonds is 4. The Balaban J connectivity index is 1.49. The summed E-state index contributed by atoms with van der Waals surface area (Å²) in [4.78, 5) is 14.2. The molecule has 2 heterocycles. The van der Waals surface area contributed by atoms with Gasteiger partial charge >= 0.3 is 0 Å². The van der Waals surface area contributed by atoms with Crippen molar-refractivity contribution in [2.24, 2.45) is 0 Å². The number of piperazine rings is 1. The van der Waals surface area contributed by atoms with Crippen molar-refractivity contribution < 1.29 is 9.90 Å². The van der Waals surface area contributed by atoms with Gasteiger partial charge in [0.1, 0.15) is 6.04 Å². The van der Waals surface area contributed by atoms with Gasteiger partial charge in [0.15, 0.2) is 0 Å². The van der Waals surface area contributed by atoms with Gasteiger partial charge in [-0.2, -0.15) is 0 Å². The predicted octanol–water partition coefficient (Wildman–Crippen LogP) is 1.29. The first-order chi connectivity index (χ1) is 12.2. The van der Waals surface area contributed by atoms with Crippen molar-refractivity contribution in [2.45, 2.75) is 18.7 Å². The Bertz CT molecular complexity index is 754. The number of carbonyl (C=O) groups excluding carboxylic acids is 1. The zero-order valence-electron chi connectivity index (χ0n) is 14.1. The van der Waals surface area contributed by atoms with Crippen molar-refractivity contribution in [1.82, 2.24) is 15.5 Å². The number of β-amino-alcohol motifs (C(OH)–C–C–N with tert-alkyl or cyclic N) is 1. The molecule has 0 bridgehead atoms. The van der Waals surface area contributed by atoms with Crippen LogP contribution in [0.4, 0.5) is 0 Å². The van der Waals surface area contributed by atoms with Gasteiger partial charge in [-0.15, -0.1) is 0 Å². The molecule has 0 saturated carbocycles. The minimum Gasteiger partial charge on any atom is -0.390 e. The van der Waals surface area contributed by atoms with Gasteiger partial charge in [0.25, 0.3) is 0 Å².